The molecule has 0 radical (unpaired) electrons. The topological polar surface area (TPSA) is 58.6 Å². The van der Waals surface area contributed by atoms with Gasteiger partial charge in [-0.25, -0.2) is 4.79 Å². The molecule has 1 fully saturated rings. The van der Waals surface area contributed by atoms with Crippen LogP contribution in [0.1, 0.15) is 31.1 Å². The van der Waals surface area contributed by atoms with Gasteiger partial charge < -0.3 is 15.0 Å². The number of benzene rings is 1. The molecule has 2 rings (SSSR count). The summed E-state index contributed by atoms with van der Waals surface area (Å²) >= 11 is 0. The molecule has 1 heterocycles. The van der Waals surface area contributed by atoms with Crippen LogP contribution in [-0.4, -0.2) is 42.0 Å². The predicted molar refractivity (Wildman–Crippen MR) is 77.0 cm³/mol. The number of anilines is 1. The molecule has 0 saturated carbocycles. The monoisotopic (exact) mass is 276 g/mol. The van der Waals surface area contributed by atoms with Crippen molar-refractivity contribution in [1.82, 2.24) is 4.90 Å². The van der Waals surface area contributed by atoms with Crippen LogP contribution in [0, 0.1) is 0 Å². The Morgan fingerprint density at radius 2 is 1.90 bits per heavy atom. The van der Waals surface area contributed by atoms with Gasteiger partial charge in [-0.3, -0.25) is 4.79 Å². The number of hydrogen-bond donors (Lipinski definition) is 1. The Balaban J connectivity index is 2.04. The number of Topliss-reactive ketones (excluding diaryl/α,β-unsaturated/α-hetero) is 1. The molecule has 1 aromatic rings. The first-order valence-electron chi connectivity index (χ1n) is 6.78. The number of nitrogens with zero attached hydrogens (tertiary/aromatic N) is 1. The van der Waals surface area contributed by atoms with E-state index in [1.54, 1.807) is 29.2 Å². The zero-order chi connectivity index (χ0) is 14.7. The summed E-state index contributed by atoms with van der Waals surface area (Å²) in [6.07, 6.45) is 0.0705. The van der Waals surface area contributed by atoms with Crippen molar-refractivity contribution >= 4 is 17.5 Å². The molecular formula is C15H20N2O3. The highest BCUT2D eigenvalue weighted by Crippen LogP contribution is 2.15. The summed E-state index contributed by atoms with van der Waals surface area (Å²) < 4.78 is 5.60. The first-order valence-corrected chi connectivity index (χ1v) is 6.78. The lowest BCUT2D eigenvalue weighted by atomic mass is 10.1. The van der Waals surface area contributed by atoms with Crippen LogP contribution in [0.25, 0.3) is 0 Å². The maximum atomic E-state index is 12.2. The van der Waals surface area contributed by atoms with E-state index in [-0.39, 0.29) is 24.0 Å². The van der Waals surface area contributed by atoms with Gasteiger partial charge in [0.2, 0.25) is 0 Å². The van der Waals surface area contributed by atoms with Gasteiger partial charge in [0.25, 0.3) is 0 Å². The van der Waals surface area contributed by atoms with Crippen molar-refractivity contribution in [3.63, 3.8) is 0 Å². The number of ether oxygens (including phenoxy) is 1. The van der Waals surface area contributed by atoms with Crippen LogP contribution in [0.5, 0.6) is 0 Å². The predicted octanol–water partition coefficient (Wildman–Crippen LogP) is 2.53. The molecule has 0 bridgehead atoms. The third kappa shape index (κ3) is 3.57. The normalized spacial score (nSPS) is 22.4. The highest BCUT2D eigenvalue weighted by atomic mass is 16.5. The highest BCUT2D eigenvalue weighted by molar-refractivity contribution is 5.96. The van der Waals surface area contributed by atoms with Crippen LogP contribution in [0.2, 0.25) is 0 Å². The SMILES string of the molecule is CC(=O)c1cccc(NC(=O)N2C[C@@H](C)O[C@@H](C)C2)c1. The fourth-order valence-corrected chi connectivity index (χ4v) is 2.36. The molecule has 1 aliphatic rings. The van der Waals surface area contributed by atoms with Gasteiger partial charge in [-0.05, 0) is 32.9 Å². The molecule has 0 aromatic heterocycles. The number of urea groups is 1. The molecule has 0 aliphatic carbocycles. The Bertz CT molecular complexity index is 506. The molecule has 0 spiro atoms. The van der Waals surface area contributed by atoms with Crippen LogP contribution in [0.15, 0.2) is 24.3 Å². The Labute approximate surface area is 118 Å². The van der Waals surface area contributed by atoms with E-state index >= 15 is 0 Å². The summed E-state index contributed by atoms with van der Waals surface area (Å²) in [4.78, 5) is 25.3. The second kappa shape index (κ2) is 6.05. The summed E-state index contributed by atoms with van der Waals surface area (Å²) in [5, 5.41) is 2.83. The van der Waals surface area contributed by atoms with Gasteiger partial charge >= 0.3 is 6.03 Å². The molecule has 1 aliphatic heterocycles. The van der Waals surface area contributed by atoms with Crippen molar-refractivity contribution in [2.24, 2.45) is 0 Å². The smallest absolute Gasteiger partial charge is 0.322 e. The minimum Gasteiger partial charge on any atom is -0.372 e. The van der Waals surface area contributed by atoms with E-state index in [9.17, 15) is 9.59 Å². The van der Waals surface area contributed by atoms with Gasteiger partial charge in [0.15, 0.2) is 5.78 Å². The third-order valence-corrected chi connectivity index (χ3v) is 3.23. The van der Waals surface area contributed by atoms with Gasteiger partial charge in [0.05, 0.1) is 12.2 Å². The number of carbonyl (C=O) groups is 2. The molecule has 1 saturated heterocycles. The summed E-state index contributed by atoms with van der Waals surface area (Å²) in [5.74, 6) is -0.0188. The highest BCUT2D eigenvalue weighted by Gasteiger charge is 2.25. The van der Waals surface area contributed by atoms with Crippen molar-refractivity contribution in [1.29, 1.82) is 0 Å². The van der Waals surface area contributed by atoms with E-state index in [0.29, 0.717) is 24.3 Å². The zero-order valence-corrected chi connectivity index (χ0v) is 12.1. The van der Waals surface area contributed by atoms with E-state index in [4.69, 9.17) is 4.74 Å². The maximum absolute atomic E-state index is 12.2. The summed E-state index contributed by atoms with van der Waals surface area (Å²) in [5.41, 5.74) is 1.22. The first-order chi connectivity index (χ1) is 9.45. The Morgan fingerprint density at radius 1 is 1.25 bits per heavy atom. The number of amides is 2. The standard InChI is InChI=1S/C15H20N2O3/c1-10-8-17(9-11(2)20-10)15(19)16-14-6-4-5-13(7-14)12(3)18/h4-7,10-11H,8-9H2,1-3H3,(H,16,19)/t10-,11+. The lowest BCUT2D eigenvalue weighted by Crippen LogP contribution is -2.49. The van der Waals surface area contributed by atoms with Crippen LogP contribution >= 0.6 is 0 Å². The Hall–Kier alpha value is -1.88. The van der Waals surface area contributed by atoms with Crippen LogP contribution in [0.3, 0.4) is 0 Å². The van der Waals surface area contributed by atoms with E-state index in [2.05, 4.69) is 5.32 Å². The lowest BCUT2D eigenvalue weighted by molar-refractivity contribution is -0.0530. The van der Waals surface area contributed by atoms with Crippen molar-refractivity contribution in [3.05, 3.63) is 29.8 Å². The largest absolute Gasteiger partial charge is 0.372 e. The molecule has 5 nitrogen and oxygen atoms in total. The third-order valence-electron chi connectivity index (χ3n) is 3.23. The number of carbonyl (C=O) groups excluding carboxylic acids is 2. The molecule has 1 aromatic carbocycles. The molecule has 2 atom stereocenters. The number of morpholine rings is 1. The summed E-state index contributed by atoms with van der Waals surface area (Å²) in [6.45, 7) is 6.55. The van der Waals surface area contributed by atoms with Gasteiger partial charge in [0, 0.05) is 24.3 Å². The van der Waals surface area contributed by atoms with Crippen LogP contribution in [0.4, 0.5) is 10.5 Å². The summed E-state index contributed by atoms with van der Waals surface area (Å²) in [6, 6.07) is 6.80. The van der Waals surface area contributed by atoms with E-state index in [0.717, 1.165) is 0 Å². The number of nitrogens with one attached hydrogen (secondary N) is 1. The quantitative estimate of drug-likeness (QED) is 0.844. The molecule has 5 heteroatoms. The Kier molecular flexibility index (Phi) is 4.39. The first kappa shape index (κ1) is 14.5. The van der Waals surface area contributed by atoms with Crippen molar-refractivity contribution in [2.45, 2.75) is 33.0 Å². The second-order valence-corrected chi connectivity index (χ2v) is 5.23. The minimum absolute atomic E-state index is 0.0188. The number of rotatable bonds is 2. The number of hydrogen-bond acceptors (Lipinski definition) is 3. The molecule has 2 amide bonds. The van der Waals surface area contributed by atoms with Crippen LogP contribution < -0.4 is 5.32 Å². The van der Waals surface area contributed by atoms with Gasteiger partial charge in [0.1, 0.15) is 0 Å². The zero-order valence-electron chi connectivity index (χ0n) is 12.1. The fraction of sp³-hybridized carbons (Fsp3) is 0.467. The van der Waals surface area contributed by atoms with Crippen molar-refractivity contribution in [3.8, 4) is 0 Å². The average Bonchev–Trinajstić information content (AvgIpc) is 2.37. The summed E-state index contributed by atoms with van der Waals surface area (Å²) in [7, 11) is 0. The van der Waals surface area contributed by atoms with Crippen molar-refractivity contribution < 1.29 is 14.3 Å². The van der Waals surface area contributed by atoms with E-state index in [1.165, 1.54) is 6.92 Å². The molecular weight excluding hydrogens is 256 g/mol. The van der Waals surface area contributed by atoms with Gasteiger partial charge in [-0.1, -0.05) is 12.1 Å². The Morgan fingerprint density at radius 3 is 2.50 bits per heavy atom. The molecule has 108 valence electrons. The fourth-order valence-electron chi connectivity index (χ4n) is 2.36. The van der Waals surface area contributed by atoms with Crippen LogP contribution in [-0.2, 0) is 4.74 Å². The minimum atomic E-state index is -0.160. The molecule has 20 heavy (non-hydrogen) atoms. The maximum Gasteiger partial charge on any atom is 0.322 e. The molecule has 1 N–H and O–H groups in total. The average molecular weight is 276 g/mol. The van der Waals surface area contributed by atoms with E-state index < -0.39 is 0 Å². The van der Waals surface area contributed by atoms with Gasteiger partial charge in [-0.15, -0.1) is 0 Å². The van der Waals surface area contributed by atoms with E-state index in [1.807, 2.05) is 13.8 Å². The van der Waals surface area contributed by atoms with Crippen molar-refractivity contribution in [2.75, 3.05) is 18.4 Å². The second-order valence-electron chi connectivity index (χ2n) is 5.23. The molecule has 0 unspecified atom stereocenters. The van der Waals surface area contributed by atoms with Gasteiger partial charge in [-0.2, -0.15) is 0 Å². The number of ketones is 1. The lowest BCUT2D eigenvalue weighted by Gasteiger charge is -2.35.